The van der Waals surface area contributed by atoms with Crippen molar-refractivity contribution < 1.29 is 19.1 Å². The third-order valence-electron chi connectivity index (χ3n) is 2.56. The molecule has 1 unspecified atom stereocenters. The number of carboxylic acids is 1. The lowest BCUT2D eigenvalue weighted by Crippen LogP contribution is -2.49. The minimum atomic E-state index is -1.16. The topological polar surface area (TPSA) is 66.4 Å². The number of carbonyl (C=O) groups is 2. The molecule has 0 aliphatic heterocycles. The van der Waals surface area contributed by atoms with Crippen LogP contribution in [0.4, 0.5) is 4.39 Å². The number of rotatable bonds is 3. The van der Waals surface area contributed by atoms with Gasteiger partial charge in [0.2, 0.25) is 0 Å². The second kappa shape index (κ2) is 5.69. The first-order valence-corrected chi connectivity index (χ1v) is 6.41. The summed E-state index contributed by atoms with van der Waals surface area (Å²) >= 11 is 3.14. The largest absolute Gasteiger partial charge is 0.480 e. The molecule has 104 valence electrons. The number of amides is 1. The number of carbonyl (C=O) groups excluding carboxylic acids is 1. The lowest BCUT2D eigenvalue weighted by molar-refractivity contribution is -0.142. The predicted octanol–water partition coefficient (Wildman–Crippen LogP) is 2.82. The van der Waals surface area contributed by atoms with Crippen LogP contribution in [0.3, 0.4) is 0 Å². The predicted molar refractivity (Wildman–Crippen MR) is 72.4 cm³/mol. The zero-order valence-corrected chi connectivity index (χ0v) is 12.4. The zero-order valence-electron chi connectivity index (χ0n) is 10.8. The fourth-order valence-electron chi connectivity index (χ4n) is 1.53. The molecule has 0 spiro atoms. The smallest absolute Gasteiger partial charge is 0.326 e. The molecule has 1 aromatic rings. The molecule has 0 fully saturated rings. The van der Waals surface area contributed by atoms with E-state index in [1.54, 1.807) is 20.8 Å². The summed E-state index contributed by atoms with van der Waals surface area (Å²) < 4.78 is 14.1. The van der Waals surface area contributed by atoms with E-state index in [1.807, 2.05) is 0 Å². The Hall–Kier alpha value is -1.43. The Morgan fingerprint density at radius 1 is 1.37 bits per heavy atom. The van der Waals surface area contributed by atoms with E-state index in [4.69, 9.17) is 5.11 Å². The Morgan fingerprint density at radius 2 is 1.95 bits per heavy atom. The van der Waals surface area contributed by atoms with Gasteiger partial charge in [-0.25, -0.2) is 9.18 Å². The first kappa shape index (κ1) is 15.6. The summed E-state index contributed by atoms with van der Waals surface area (Å²) in [7, 11) is 0. The first-order valence-electron chi connectivity index (χ1n) is 5.61. The van der Waals surface area contributed by atoms with E-state index in [9.17, 15) is 14.0 Å². The number of carboxylic acid groups (broad SMARTS) is 1. The number of aliphatic carboxylic acids is 1. The van der Waals surface area contributed by atoms with Crippen molar-refractivity contribution in [2.24, 2.45) is 5.41 Å². The molecule has 0 bridgehead atoms. The van der Waals surface area contributed by atoms with Gasteiger partial charge in [0.1, 0.15) is 11.9 Å². The highest BCUT2D eigenvalue weighted by molar-refractivity contribution is 9.10. The average Bonchev–Trinajstić information content (AvgIpc) is 2.26. The fourth-order valence-corrected chi connectivity index (χ4v) is 1.89. The van der Waals surface area contributed by atoms with Crippen LogP contribution in [0.25, 0.3) is 0 Å². The van der Waals surface area contributed by atoms with Gasteiger partial charge in [-0.15, -0.1) is 0 Å². The van der Waals surface area contributed by atoms with E-state index in [-0.39, 0.29) is 5.56 Å². The highest BCUT2D eigenvalue weighted by Gasteiger charge is 2.33. The summed E-state index contributed by atoms with van der Waals surface area (Å²) in [6.07, 6.45) is 0. The van der Waals surface area contributed by atoms with Crippen LogP contribution in [-0.4, -0.2) is 23.0 Å². The molecule has 1 aromatic carbocycles. The van der Waals surface area contributed by atoms with E-state index < -0.39 is 29.2 Å². The quantitative estimate of drug-likeness (QED) is 0.894. The molecule has 4 nitrogen and oxygen atoms in total. The summed E-state index contributed by atoms with van der Waals surface area (Å²) in [6.45, 7) is 5.05. The Bertz CT molecular complexity index is 511. The lowest BCUT2D eigenvalue weighted by Gasteiger charge is -2.27. The van der Waals surface area contributed by atoms with Crippen LogP contribution in [0.5, 0.6) is 0 Å². The molecule has 19 heavy (non-hydrogen) atoms. The number of hydrogen-bond acceptors (Lipinski definition) is 2. The van der Waals surface area contributed by atoms with Crippen molar-refractivity contribution in [3.63, 3.8) is 0 Å². The Morgan fingerprint density at radius 3 is 2.42 bits per heavy atom. The highest BCUT2D eigenvalue weighted by atomic mass is 79.9. The summed E-state index contributed by atoms with van der Waals surface area (Å²) in [6, 6.07) is 2.82. The van der Waals surface area contributed by atoms with Gasteiger partial charge in [-0.05, 0) is 23.6 Å². The van der Waals surface area contributed by atoms with Gasteiger partial charge < -0.3 is 10.4 Å². The maximum absolute atomic E-state index is 13.5. The SMILES string of the molecule is CC(C)(C)C(NC(=O)c1cc(Br)ccc1F)C(=O)O. The van der Waals surface area contributed by atoms with Crippen LogP contribution < -0.4 is 5.32 Å². The maximum Gasteiger partial charge on any atom is 0.326 e. The molecule has 1 atom stereocenters. The van der Waals surface area contributed by atoms with Crippen LogP contribution in [0, 0.1) is 11.2 Å². The van der Waals surface area contributed by atoms with Crippen molar-refractivity contribution in [3.8, 4) is 0 Å². The standard InChI is InChI=1S/C13H15BrFNO3/c1-13(2,3)10(12(18)19)16-11(17)8-6-7(14)4-5-9(8)15/h4-6,10H,1-3H3,(H,16,17)(H,18,19). The minimum Gasteiger partial charge on any atom is -0.480 e. The molecule has 0 saturated carbocycles. The molecule has 2 N–H and O–H groups in total. The van der Waals surface area contributed by atoms with E-state index in [1.165, 1.54) is 12.1 Å². The fraction of sp³-hybridized carbons (Fsp3) is 0.385. The van der Waals surface area contributed by atoms with E-state index in [2.05, 4.69) is 21.2 Å². The first-order chi connectivity index (χ1) is 8.62. The van der Waals surface area contributed by atoms with Crippen LogP contribution in [0.1, 0.15) is 31.1 Å². The van der Waals surface area contributed by atoms with E-state index in [0.29, 0.717) is 4.47 Å². The zero-order chi connectivity index (χ0) is 14.8. The third-order valence-corrected chi connectivity index (χ3v) is 3.05. The Kier molecular flexibility index (Phi) is 4.68. The maximum atomic E-state index is 13.5. The number of nitrogens with one attached hydrogen (secondary N) is 1. The van der Waals surface area contributed by atoms with Crippen molar-refractivity contribution in [2.45, 2.75) is 26.8 Å². The minimum absolute atomic E-state index is 0.190. The Balaban J connectivity index is 3.01. The van der Waals surface area contributed by atoms with Gasteiger partial charge in [-0.1, -0.05) is 36.7 Å². The molecule has 0 aromatic heterocycles. The van der Waals surface area contributed by atoms with Gasteiger partial charge in [-0.2, -0.15) is 0 Å². The van der Waals surface area contributed by atoms with Crippen molar-refractivity contribution in [3.05, 3.63) is 34.1 Å². The molecular weight excluding hydrogens is 317 g/mol. The molecule has 0 aliphatic rings. The summed E-state index contributed by atoms with van der Waals surface area (Å²) in [5, 5.41) is 11.5. The Labute approximate surface area is 119 Å². The average molecular weight is 332 g/mol. The van der Waals surface area contributed by atoms with Crippen molar-refractivity contribution in [2.75, 3.05) is 0 Å². The second-order valence-electron chi connectivity index (χ2n) is 5.23. The van der Waals surface area contributed by atoms with Gasteiger partial charge >= 0.3 is 5.97 Å². The summed E-state index contributed by atoms with van der Waals surface area (Å²) in [5.74, 6) is -2.60. The van der Waals surface area contributed by atoms with Crippen molar-refractivity contribution >= 4 is 27.8 Å². The highest BCUT2D eigenvalue weighted by Crippen LogP contribution is 2.21. The second-order valence-corrected chi connectivity index (χ2v) is 6.15. The normalized spacial score (nSPS) is 12.9. The van der Waals surface area contributed by atoms with Crippen LogP contribution in [-0.2, 0) is 4.79 Å². The molecule has 0 saturated heterocycles. The molecule has 6 heteroatoms. The summed E-state index contributed by atoms with van der Waals surface area (Å²) in [4.78, 5) is 23.1. The third kappa shape index (κ3) is 4.02. The molecular formula is C13H15BrFNO3. The van der Waals surface area contributed by atoms with Crippen LogP contribution in [0.15, 0.2) is 22.7 Å². The lowest BCUT2D eigenvalue weighted by atomic mass is 9.86. The number of halogens is 2. The van der Waals surface area contributed by atoms with Gasteiger partial charge in [0.05, 0.1) is 5.56 Å². The number of hydrogen-bond donors (Lipinski definition) is 2. The van der Waals surface area contributed by atoms with Gasteiger partial charge in [0.25, 0.3) is 5.91 Å². The summed E-state index contributed by atoms with van der Waals surface area (Å²) in [5.41, 5.74) is -0.867. The van der Waals surface area contributed by atoms with Crippen molar-refractivity contribution in [1.29, 1.82) is 0 Å². The molecule has 0 radical (unpaired) electrons. The van der Waals surface area contributed by atoms with Crippen LogP contribution >= 0.6 is 15.9 Å². The van der Waals surface area contributed by atoms with E-state index in [0.717, 1.165) is 6.07 Å². The molecule has 0 aliphatic carbocycles. The molecule has 1 amide bonds. The van der Waals surface area contributed by atoms with Crippen LogP contribution in [0.2, 0.25) is 0 Å². The van der Waals surface area contributed by atoms with Gasteiger partial charge in [0, 0.05) is 4.47 Å². The van der Waals surface area contributed by atoms with Gasteiger partial charge in [-0.3, -0.25) is 4.79 Å². The van der Waals surface area contributed by atoms with Gasteiger partial charge in [0.15, 0.2) is 0 Å². The molecule has 1 rings (SSSR count). The van der Waals surface area contributed by atoms with Crippen molar-refractivity contribution in [1.82, 2.24) is 5.32 Å². The van der Waals surface area contributed by atoms with E-state index >= 15 is 0 Å². The number of benzene rings is 1. The molecule has 0 heterocycles. The monoisotopic (exact) mass is 331 g/mol.